The van der Waals surface area contributed by atoms with Gasteiger partial charge in [0.05, 0.1) is 48.3 Å². The number of aromatic nitrogens is 4. The third kappa shape index (κ3) is 4.14. The minimum atomic E-state index is 0.0343. The minimum absolute atomic E-state index is 0.0343. The molecule has 4 aromatic rings. The summed E-state index contributed by atoms with van der Waals surface area (Å²) in [5, 5.41) is 14.4. The lowest BCUT2D eigenvalue weighted by Crippen LogP contribution is -2.36. The summed E-state index contributed by atoms with van der Waals surface area (Å²) in [6, 6.07) is 4.08. The van der Waals surface area contributed by atoms with E-state index in [9.17, 15) is 0 Å². The first kappa shape index (κ1) is 21.1. The number of nitrogens with zero attached hydrogens (tertiary/aromatic N) is 4. The van der Waals surface area contributed by atoms with Gasteiger partial charge in [0.1, 0.15) is 5.65 Å². The summed E-state index contributed by atoms with van der Waals surface area (Å²) in [6.45, 7) is 6.65. The number of ether oxygens (including phenoxy) is 2. The molecule has 0 amide bonds. The Balaban J connectivity index is 1.55. The average molecular weight is 455 g/mol. The Bertz CT molecular complexity index is 1220. The van der Waals surface area contributed by atoms with Gasteiger partial charge >= 0.3 is 0 Å². The van der Waals surface area contributed by atoms with Gasteiger partial charge in [-0.1, -0.05) is 0 Å². The van der Waals surface area contributed by atoms with Crippen LogP contribution in [0.1, 0.15) is 5.56 Å². The first-order chi connectivity index (χ1) is 15.7. The second-order valence-electron chi connectivity index (χ2n) is 7.61. The number of H-pyrrole nitrogens is 1. The molecular weight excluding hydrogens is 428 g/mol. The van der Waals surface area contributed by atoms with Gasteiger partial charge in [-0.05, 0) is 19.1 Å². The normalized spacial score (nSPS) is 14.5. The van der Waals surface area contributed by atoms with Crippen molar-refractivity contribution in [3.8, 4) is 11.4 Å². The highest BCUT2D eigenvalue weighted by atomic mass is 32.1. The number of aliphatic hydroxyl groups excluding tert-OH is 1. The Morgan fingerprint density at radius 3 is 3.00 bits per heavy atom. The zero-order valence-corrected chi connectivity index (χ0v) is 18.7. The van der Waals surface area contributed by atoms with Crippen LogP contribution in [0.4, 0.5) is 10.8 Å². The van der Waals surface area contributed by atoms with Crippen molar-refractivity contribution in [3.63, 3.8) is 0 Å². The number of fused-ring (bicyclic) bond motifs is 2. The van der Waals surface area contributed by atoms with E-state index in [4.69, 9.17) is 24.5 Å². The van der Waals surface area contributed by atoms with Crippen molar-refractivity contribution in [1.82, 2.24) is 19.9 Å². The summed E-state index contributed by atoms with van der Waals surface area (Å²) in [5.41, 5.74) is 3.80. The number of anilines is 2. The van der Waals surface area contributed by atoms with Gasteiger partial charge in [0.25, 0.3) is 0 Å². The van der Waals surface area contributed by atoms with E-state index in [2.05, 4.69) is 33.2 Å². The molecule has 168 valence electrons. The van der Waals surface area contributed by atoms with Crippen LogP contribution in [0.5, 0.6) is 0 Å². The van der Waals surface area contributed by atoms with Gasteiger partial charge in [0.15, 0.2) is 11.6 Å². The van der Waals surface area contributed by atoms with Crippen LogP contribution in [-0.2, 0) is 9.47 Å². The van der Waals surface area contributed by atoms with E-state index >= 15 is 0 Å². The van der Waals surface area contributed by atoms with Crippen LogP contribution in [0.3, 0.4) is 0 Å². The van der Waals surface area contributed by atoms with Crippen molar-refractivity contribution in [2.45, 2.75) is 6.92 Å². The van der Waals surface area contributed by atoms with E-state index in [0.29, 0.717) is 38.8 Å². The number of hydrogen-bond donors (Lipinski definition) is 3. The molecule has 0 spiro atoms. The lowest BCUT2D eigenvalue weighted by atomic mass is 10.2. The lowest BCUT2D eigenvalue weighted by Gasteiger charge is -2.28. The Labute approximate surface area is 189 Å². The second-order valence-corrected chi connectivity index (χ2v) is 8.63. The van der Waals surface area contributed by atoms with Gasteiger partial charge < -0.3 is 29.8 Å². The van der Waals surface area contributed by atoms with Crippen molar-refractivity contribution in [2.75, 3.05) is 62.9 Å². The summed E-state index contributed by atoms with van der Waals surface area (Å²) >= 11 is 1.67. The molecule has 1 saturated heterocycles. The SMILES string of the molecule is Cc1c(NCCOCCO)sc2c(N3CCOCC3)nc(-c3cnc4[nH]ccc4c3)nc12. The number of rotatable bonds is 8. The van der Waals surface area contributed by atoms with Gasteiger partial charge in [0.2, 0.25) is 0 Å². The lowest BCUT2D eigenvalue weighted by molar-refractivity contribution is 0.0992. The number of nitrogens with one attached hydrogen (secondary N) is 2. The molecule has 0 saturated carbocycles. The largest absolute Gasteiger partial charge is 0.394 e. The van der Waals surface area contributed by atoms with E-state index in [0.717, 1.165) is 56.3 Å². The van der Waals surface area contributed by atoms with E-state index in [-0.39, 0.29) is 6.61 Å². The third-order valence-electron chi connectivity index (χ3n) is 5.48. The first-order valence-corrected chi connectivity index (χ1v) is 11.6. The zero-order chi connectivity index (χ0) is 21.9. The van der Waals surface area contributed by atoms with Crippen molar-refractivity contribution in [2.24, 2.45) is 0 Å². The van der Waals surface area contributed by atoms with Crippen LogP contribution < -0.4 is 10.2 Å². The summed E-state index contributed by atoms with van der Waals surface area (Å²) in [7, 11) is 0. The zero-order valence-electron chi connectivity index (χ0n) is 17.9. The maximum absolute atomic E-state index is 8.86. The number of hydrogen-bond acceptors (Lipinski definition) is 9. The standard InChI is InChI=1S/C22H26N6O3S/c1-14-17-18(32-22(14)24-4-8-30-11-7-29)21(28-5-9-31-10-6-28)27-20(26-17)16-12-15-2-3-23-19(15)25-13-16/h2-3,12-13,24,29H,4-11H2,1H3,(H,23,25). The quantitative estimate of drug-likeness (QED) is 0.349. The maximum atomic E-state index is 8.86. The molecule has 10 heteroatoms. The van der Waals surface area contributed by atoms with Gasteiger partial charge in [-0.2, -0.15) is 0 Å². The van der Waals surface area contributed by atoms with Crippen molar-refractivity contribution >= 4 is 43.4 Å². The van der Waals surface area contributed by atoms with Crippen LogP contribution >= 0.6 is 11.3 Å². The molecule has 1 aliphatic rings. The Morgan fingerprint density at radius 2 is 2.16 bits per heavy atom. The Morgan fingerprint density at radius 1 is 1.28 bits per heavy atom. The number of aromatic amines is 1. The fraction of sp³-hybridized carbons (Fsp3) is 0.409. The van der Waals surface area contributed by atoms with Gasteiger partial charge in [-0.15, -0.1) is 11.3 Å². The molecule has 0 radical (unpaired) electrons. The number of thiophene rings is 1. The van der Waals surface area contributed by atoms with E-state index in [1.165, 1.54) is 0 Å². The van der Waals surface area contributed by atoms with Crippen molar-refractivity contribution in [3.05, 3.63) is 30.1 Å². The molecule has 9 nitrogen and oxygen atoms in total. The topological polar surface area (TPSA) is 108 Å². The molecule has 0 aromatic carbocycles. The number of aliphatic hydroxyl groups is 1. The predicted octanol–water partition coefficient (Wildman–Crippen LogP) is 2.80. The van der Waals surface area contributed by atoms with E-state index < -0.39 is 0 Å². The molecule has 0 aliphatic carbocycles. The van der Waals surface area contributed by atoms with Crippen molar-refractivity contribution in [1.29, 1.82) is 0 Å². The van der Waals surface area contributed by atoms with Crippen LogP contribution in [0, 0.1) is 6.92 Å². The number of morpholine rings is 1. The molecule has 1 fully saturated rings. The van der Waals surface area contributed by atoms with Crippen molar-refractivity contribution < 1.29 is 14.6 Å². The maximum Gasteiger partial charge on any atom is 0.163 e. The highest BCUT2D eigenvalue weighted by Gasteiger charge is 2.22. The second kappa shape index (κ2) is 9.37. The van der Waals surface area contributed by atoms with Crippen LogP contribution in [0.25, 0.3) is 32.6 Å². The Kier molecular flexibility index (Phi) is 6.17. The first-order valence-electron chi connectivity index (χ1n) is 10.7. The summed E-state index contributed by atoms with van der Waals surface area (Å²) in [4.78, 5) is 19.9. The molecule has 1 aliphatic heterocycles. The van der Waals surface area contributed by atoms with Crippen LogP contribution in [0.2, 0.25) is 0 Å². The predicted molar refractivity (Wildman–Crippen MR) is 127 cm³/mol. The molecule has 0 bridgehead atoms. The monoisotopic (exact) mass is 454 g/mol. The van der Waals surface area contributed by atoms with Gasteiger partial charge in [-0.3, -0.25) is 0 Å². The molecule has 0 unspecified atom stereocenters. The molecule has 5 rings (SSSR count). The van der Waals surface area contributed by atoms with Crippen LogP contribution in [-0.4, -0.2) is 77.7 Å². The Hall–Kier alpha value is -2.79. The minimum Gasteiger partial charge on any atom is -0.394 e. The van der Waals surface area contributed by atoms with Gasteiger partial charge in [0, 0.05) is 48.5 Å². The van der Waals surface area contributed by atoms with Gasteiger partial charge in [-0.25, -0.2) is 15.0 Å². The van der Waals surface area contributed by atoms with E-state index in [1.807, 2.05) is 18.5 Å². The molecule has 0 atom stereocenters. The number of pyridine rings is 1. The fourth-order valence-electron chi connectivity index (χ4n) is 3.83. The smallest absolute Gasteiger partial charge is 0.163 e. The molecular formula is C22H26N6O3S. The molecule has 3 N–H and O–H groups in total. The summed E-state index contributed by atoms with van der Waals surface area (Å²) in [6.07, 6.45) is 3.71. The number of aryl methyl sites for hydroxylation is 1. The third-order valence-corrected chi connectivity index (χ3v) is 6.72. The van der Waals surface area contributed by atoms with Crippen LogP contribution in [0.15, 0.2) is 24.5 Å². The summed E-state index contributed by atoms with van der Waals surface area (Å²) < 4.78 is 12.0. The molecule has 4 aromatic heterocycles. The average Bonchev–Trinajstić information content (AvgIpc) is 3.43. The van der Waals surface area contributed by atoms with E-state index in [1.54, 1.807) is 11.3 Å². The fourth-order valence-corrected chi connectivity index (χ4v) is 5.02. The highest BCUT2D eigenvalue weighted by Crippen LogP contribution is 2.40. The summed E-state index contributed by atoms with van der Waals surface area (Å²) in [5.74, 6) is 1.62. The highest BCUT2D eigenvalue weighted by molar-refractivity contribution is 7.23. The molecule has 5 heterocycles. The molecule has 32 heavy (non-hydrogen) atoms.